The van der Waals surface area contributed by atoms with Crippen LogP contribution >= 0.6 is 11.6 Å². The molecule has 1 aliphatic rings. The second-order valence-electron chi connectivity index (χ2n) is 11.7. The summed E-state index contributed by atoms with van der Waals surface area (Å²) < 4.78 is 5.96. The van der Waals surface area contributed by atoms with Crippen molar-refractivity contribution in [3.05, 3.63) is 101 Å². The quantitative estimate of drug-likeness (QED) is 0.287. The van der Waals surface area contributed by atoms with Gasteiger partial charge >= 0.3 is 0 Å². The van der Waals surface area contributed by atoms with E-state index in [1.807, 2.05) is 72.8 Å². The zero-order valence-electron chi connectivity index (χ0n) is 23.9. The first-order valence-corrected chi connectivity index (χ1v) is 14.7. The van der Waals surface area contributed by atoms with E-state index in [0.717, 1.165) is 36.8 Å². The first kappa shape index (κ1) is 29.7. The van der Waals surface area contributed by atoms with Crippen molar-refractivity contribution < 1.29 is 14.3 Å². The van der Waals surface area contributed by atoms with Crippen molar-refractivity contribution in [1.82, 2.24) is 10.2 Å². The van der Waals surface area contributed by atoms with Gasteiger partial charge in [0.1, 0.15) is 11.8 Å². The van der Waals surface area contributed by atoms with Crippen LogP contribution in [-0.2, 0) is 28.0 Å². The SMILES string of the molecule is CC(C)(C)c1ccc(OCC(=O)N(Cc2ccccc2Cl)[C@@H](Cc2ccccc2)C(=O)NC2CCCCC2)cc1. The fraction of sp³-hybridized carbons (Fsp3) is 0.412. The Balaban J connectivity index is 1.59. The van der Waals surface area contributed by atoms with Crippen LogP contribution in [0.1, 0.15) is 69.6 Å². The molecule has 0 saturated heterocycles. The first-order valence-electron chi connectivity index (χ1n) is 14.3. The minimum atomic E-state index is -0.708. The van der Waals surface area contributed by atoms with Gasteiger partial charge in [0.2, 0.25) is 5.91 Å². The van der Waals surface area contributed by atoms with Gasteiger partial charge in [-0.05, 0) is 53.1 Å². The van der Waals surface area contributed by atoms with E-state index in [1.165, 1.54) is 12.0 Å². The Hall–Kier alpha value is -3.31. The summed E-state index contributed by atoms with van der Waals surface area (Å²) >= 11 is 6.53. The molecule has 3 aromatic carbocycles. The number of ether oxygens (including phenoxy) is 1. The average molecular weight is 561 g/mol. The number of amides is 2. The van der Waals surface area contributed by atoms with Gasteiger partial charge in [-0.25, -0.2) is 0 Å². The van der Waals surface area contributed by atoms with Gasteiger partial charge in [-0.1, -0.05) is 112 Å². The van der Waals surface area contributed by atoms with E-state index >= 15 is 0 Å². The Kier molecular flexibility index (Phi) is 10.3. The largest absolute Gasteiger partial charge is 0.484 e. The Morgan fingerprint density at radius 2 is 1.57 bits per heavy atom. The van der Waals surface area contributed by atoms with Crippen molar-refractivity contribution in [1.29, 1.82) is 0 Å². The van der Waals surface area contributed by atoms with Gasteiger partial charge < -0.3 is 15.0 Å². The number of hydrogen-bond acceptors (Lipinski definition) is 3. The molecule has 4 rings (SSSR count). The number of halogens is 1. The van der Waals surface area contributed by atoms with Gasteiger partial charge in [0.25, 0.3) is 5.91 Å². The molecule has 0 unspecified atom stereocenters. The molecule has 0 bridgehead atoms. The number of nitrogens with zero attached hydrogens (tertiary/aromatic N) is 1. The third kappa shape index (κ3) is 8.34. The molecular formula is C34H41ClN2O3. The topological polar surface area (TPSA) is 58.6 Å². The van der Waals surface area contributed by atoms with Gasteiger partial charge in [-0.3, -0.25) is 9.59 Å². The normalized spacial score (nSPS) is 14.8. The molecular weight excluding hydrogens is 520 g/mol. The van der Waals surface area contributed by atoms with E-state index in [9.17, 15) is 9.59 Å². The minimum absolute atomic E-state index is 0.0243. The Labute approximate surface area is 243 Å². The summed E-state index contributed by atoms with van der Waals surface area (Å²) in [6.07, 6.45) is 5.75. The van der Waals surface area contributed by atoms with Crippen molar-refractivity contribution >= 4 is 23.4 Å². The fourth-order valence-corrected chi connectivity index (χ4v) is 5.38. The summed E-state index contributed by atoms with van der Waals surface area (Å²) in [6.45, 7) is 6.50. The van der Waals surface area contributed by atoms with Crippen LogP contribution in [-0.4, -0.2) is 35.4 Å². The molecule has 0 radical (unpaired) electrons. The molecule has 0 aliphatic heterocycles. The standard InChI is InChI=1S/C34H41ClN2O3/c1-34(2,3)27-18-20-29(21-19-27)40-24-32(38)37(23-26-14-10-11-17-30(26)35)31(22-25-12-6-4-7-13-25)33(39)36-28-15-8-5-9-16-28/h4,6-7,10-14,17-21,28,31H,5,8-9,15-16,22-24H2,1-3H3,(H,36,39)/t31-/m0/s1. The maximum absolute atomic E-state index is 13.9. The van der Waals surface area contributed by atoms with Crippen LogP contribution in [0.15, 0.2) is 78.9 Å². The Bertz CT molecular complexity index is 1250. The summed E-state index contributed by atoms with van der Waals surface area (Å²) in [4.78, 5) is 29.4. The second kappa shape index (κ2) is 13.8. The molecule has 5 nitrogen and oxygen atoms in total. The predicted molar refractivity (Wildman–Crippen MR) is 162 cm³/mol. The molecule has 1 saturated carbocycles. The van der Waals surface area contributed by atoms with Crippen molar-refractivity contribution in [3.63, 3.8) is 0 Å². The number of benzene rings is 3. The highest BCUT2D eigenvalue weighted by Gasteiger charge is 2.32. The minimum Gasteiger partial charge on any atom is -0.484 e. The van der Waals surface area contributed by atoms with Crippen LogP contribution in [0.5, 0.6) is 5.75 Å². The smallest absolute Gasteiger partial charge is 0.261 e. The molecule has 3 aromatic rings. The van der Waals surface area contributed by atoms with Crippen LogP contribution in [0.25, 0.3) is 0 Å². The van der Waals surface area contributed by atoms with Crippen LogP contribution in [0.3, 0.4) is 0 Å². The lowest BCUT2D eigenvalue weighted by atomic mass is 9.87. The van der Waals surface area contributed by atoms with E-state index in [-0.39, 0.29) is 36.4 Å². The molecule has 0 spiro atoms. The van der Waals surface area contributed by atoms with Crippen molar-refractivity contribution in [2.24, 2.45) is 0 Å². The van der Waals surface area contributed by atoms with Crippen LogP contribution in [0.4, 0.5) is 0 Å². The van der Waals surface area contributed by atoms with E-state index in [1.54, 1.807) is 11.0 Å². The van der Waals surface area contributed by atoms with Gasteiger partial charge in [0.15, 0.2) is 6.61 Å². The molecule has 0 aromatic heterocycles. The van der Waals surface area contributed by atoms with Crippen LogP contribution < -0.4 is 10.1 Å². The molecule has 1 N–H and O–H groups in total. The molecule has 0 heterocycles. The van der Waals surface area contributed by atoms with E-state index in [2.05, 4.69) is 26.1 Å². The van der Waals surface area contributed by atoms with Crippen LogP contribution in [0.2, 0.25) is 5.02 Å². The number of carbonyl (C=O) groups excluding carboxylic acids is 2. The molecule has 1 fully saturated rings. The highest BCUT2D eigenvalue weighted by atomic mass is 35.5. The highest BCUT2D eigenvalue weighted by Crippen LogP contribution is 2.25. The van der Waals surface area contributed by atoms with Crippen molar-refractivity contribution in [2.75, 3.05) is 6.61 Å². The van der Waals surface area contributed by atoms with Gasteiger partial charge in [0.05, 0.1) is 0 Å². The van der Waals surface area contributed by atoms with Crippen molar-refractivity contribution in [2.45, 2.75) is 83.3 Å². The molecule has 1 aliphatic carbocycles. The average Bonchev–Trinajstić information content (AvgIpc) is 2.95. The lowest BCUT2D eigenvalue weighted by molar-refractivity contribution is -0.143. The first-order chi connectivity index (χ1) is 19.2. The van der Waals surface area contributed by atoms with Gasteiger partial charge in [-0.15, -0.1) is 0 Å². The number of rotatable bonds is 10. The number of carbonyl (C=O) groups is 2. The fourth-order valence-electron chi connectivity index (χ4n) is 5.19. The number of hydrogen-bond donors (Lipinski definition) is 1. The van der Waals surface area contributed by atoms with Crippen molar-refractivity contribution in [3.8, 4) is 5.75 Å². The molecule has 1 atom stereocenters. The lowest BCUT2D eigenvalue weighted by Gasteiger charge is -2.33. The lowest BCUT2D eigenvalue weighted by Crippen LogP contribution is -2.53. The van der Waals surface area contributed by atoms with Gasteiger partial charge in [0, 0.05) is 24.0 Å². The number of nitrogens with one attached hydrogen (secondary N) is 1. The third-order valence-corrected chi connectivity index (χ3v) is 7.97. The third-order valence-electron chi connectivity index (χ3n) is 7.60. The Morgan fingerprint density at radius 1 is 0.925 bits per heavy atom. The maximum atomic E-state index is 13.9. The maximum Gasteiger partial charge on any atom is 0.261 e. The Morgan fingerprint density at radius 3 is 2.23 bits per heavy atom. The van der Waals surface area contributed by atoms with Gasteiger partial charge in [-0.2, -0.15) is 0 Å². The second-order valence-corrected chi connectivity index (χ2v) is 12.1. The summed E-state index contributed by atoms with van der Waals surface area (Å²) in [5.74, 6) is 0.218. The summed E-state index contributed by atoms with van der Waals surface area (Å²) in [5.41, 5.74) is 2.99. The summed E-state index contributed by atoms with van der Waals surface area (Å²) in [6, 6.07) is 24.6. The van der Waals surface area contributed by atoms with Crippen LogP contribution in [0, 0.1) is 0 Å². The molecule has 40 heavy (non-hydrogen) atoms. The zero-order valence-corrected chi connectivity index (χ0v) is 24.6. The molecule has 212 valence electrons. The summed E-state index contributed by atoms with van der Waals surface area (Å²) in [5, 5.41) is 3.82. The molecule has 6 heteroatoms. The predicted octanol–water partition coefficient (Wildman–Crippen LogP) is 7.11. The molecule has 2 amide bonds. The monoisotopic (exact) mass is 560 g/mol. The highest BCUT2D eigenvalue weighted by molar-refractivity contribution is 6.31. The van der Waals surface area contributed by atoms with E-state index in [0.29, 0.717) is 17.2 Å². The summed E-state index contributed by atoms with van der Waals surface area (Å²) in [7, 11) is 0. The van der Waals surface area contributed by atoms with E-state index in [4.69, 9.17) is 16.3 Å². The van der Waals surface area contributed by atoms with E-state index < -0.39 is 6.04 Å². The zero-order chi connectivity index (χ0) is 28.5.